The molecule has 0 fully saturated rings. The maximum atomic E-state index is 12.9. The molecule has 0 aromatic heterocycles. The number of nitrogens with one attached hydrogen (secondary N) is 1. The van der Waals surface area contributed by atoms with Crippen molar-refractivity contribution in [1.82, 2.24) is 5.32 Å². The minimum Gasteiger partial charge on any atom is -0.351 e. The van der Waals surface area contributed by atoms with Crippen LogP contribution in [-0.4, -0.2) is 32.7 Å². The Morgan fingerprint density at radius 3 is 1.88 bits per heavy atom. The number of amides is 1. The Balaban J connectivity index is 3.32. The van der Waals surface area contributed by atoms with Crippen molar-refractivity contribution >= 4 is 44.8 Å². The van der Waals surface area contributed by atoms with Crippen molar-refractivity contribution in [3.8, 4) is 0 Å². The number of nitrogens with zero attached hydrogens (tertiary/aromatic N) is 1. The summed E-state index contributed by atoms with van der Waals surface area (Å²) >= 11 is 12.1. The number of sulfonamides is 1. The Morgan fingerprint density at radius 1 is 1.08 bits per heavy atom. The average molecular weight is 423 g/mol. The summed E-state index contributed by atoms with van der Waals surface area (Å²) in [7, 11) is -3.73. The molecule has 0 heterocycles. The van der Waals surface area contributed by atoms with Crippen LogP contribution in [0.4, 0.5) is 5.69 Å². The number of hydrogen-bond acceptors (Lipinski definition) is 3. The fourth-order valence-corrected chi connectivity index (χ4v) is 4.80. The monoisotopic (exact) mass is 422 g/mol. The molecule has 26 heavy (non-hydrogen) atoms. The molecule has 0 aliphatic heterocycles. The number of rotatable bonds is 8. The van der Waals surface area contributed by atoms with Gasteiger partial charge in [0.05, 0.1) is 11.9 Å². The van der Waals surface area contributed by atoms with Gasteiger partial charge in [0, 0.05) is 16.1 Å². The number of benzene rings is 1. The van der Waals surface area contributed by atoms with E-state index in [0.717, 1.165) is 10.6 Å². The van der Waals surface area contributed by atoms with E-state index in [4.69, 9.17) is 23.2 Å². The van der Waals surface area contributed by atoms with Crippen LogP contribution in [0.5, 0.6) is 0 Å². The lowest BCUT2D eigenvalue weighted by atomic mass is 9.93. The van der Waals surface area contributed by atoms with Gasteiger partial charge in [-0.2, -0.15) is 0 Å². The van der Waals surface area contributed by atoms with Crippen molar-refractivity contribution in [1.29, 1.82) is 0 Å². The summed E-state index contributed by atoms with van der Waals surface area (Å²) in [4.78, 5) is 12.9. The summed E-state index contributed by atoms with van der Waals surface area (Å²) in [6.07, 6.45) is 1.38. The van der Waals surface area contributed by atoms with E-state index >= 15 is 0 Å². The van der Waals surface area contributed by atoms with Gasteiger partial charge in [-0.1, -0.05) is 57.8 Å². The van der Waals surface area contributed by atoms with Crippen molar-refractivity contribution in [3.63, 3.8) is 0 Å². The molecule has 148 valence electrons. The van der Waals surface area contributed by atoms with E-state index in [1.54, 1.807) is 6.92 Å². The second-order valence-electron chi connectivity index (χ2n) is 7.13. The third-order valence-corrected chi connectivity index (χ3v) is 5.79. The second kappa shape index (κ2) is 9.29. The molecule has 1 amide bonds. The van der Waals surface area contributed by atoms with E-state index in [1.165, 1.54) is 18.2 Å². The van der Waals surface area contributed by atoms with Crippen LogP contribution in [0.3, 0.4) is 0 Å². The predicted molar refractivity (Wildman–Crippen MR) is 109 cm³/mol. The highest BCUT2D eigenvalue weighted by Gasteiger charge is 2.33. The molecule has 1 atom stereocenters. The van der Waals surface area contributed by atoms with Crippen molar-refractivity contribution < 1.29 is 13.2 Å². The van der Waals surface area contributed by atoms with Gasteiger partial charge < -0.3 is 5.32 Å². The summed E-state index contributed by atoms with van der Waals surface area (Å²) in [6.45, 7) is 9.87. The van der Waals surface area contributed by atoms with E-state index in [0.29, 0.717) is 16.5 Å². The van der Waals surface area contributed by atoms with Crippen LogP contribution in [0.2, 0.25) is 10.0 Å². The molecule has 0 saturated carbocycles. The molecule has 1 N–H and O–H groups in total. The first-order valence-corrected chi connectivity index (χ1v) is 11.2. The highest BCUT2D eigenvalue weighted by Crippen LogP contribution is 2.29. The molecule has 0 spiro atoms. The highest BCUT2D eigenvalue weighted by atomic mass is 35.5. The molecule has 0 bridgehead atoms. The largest absolute Gasteiger partial charge is 0.351 e. The van der Waals surface area contributed by atoms with Gasteiger partial charge in [0.15, 0.2) is 0 Å². The van der Waals surface area contributed by atoms with E-state index in [9.17, 15) is 13.2 Å². The van der Waals surface area contributed by atoms with Crippen molar-refractivity contribution in [2.24, 2.45) is 11.8 Å². The summed E-state index contributed by atoms with van der Waals surface area (Å²) in [5.41, 5.74) is 0.276. The maximum Gasteiger partial charge on any atom is 0.244 e. The first-order valence-electron chi connectivity index (χ1n) is 8.64. The number of hydrogen-bond donors (Lipinski definition) is 1. The zero-order valence-corrected chi connectivity index (χ0v) is 18.4. The molecule has 0 aliphatic rings. The molecule has 1 rings (SSSR count). The van der Waals surface area contributed by atoms with Crippen LogP contribution < -0.4 is 9.62 Å². The van der Waals surface area contributed by atoms with Crippen LogP contribution in [0.25, 0.3) is 0 Å². The minimum absolute atomic E-state index is 0.0547. The first kappa shape index (κ1) is 23.1. The lowest BCUT2D eigenvalue weighted by molar-refractivity contribution is -0.123. The van der Waals surface area contributed by atoms with Gasteiger partial charge in [-0.05, 0) is 36.5 Å². The SMILES string of the molecule is CCC(C(=O)NC(C(C)C)C(C)C)N(c1cc(Cl)cc(Cl)c1)S(C)(=O)=O. The van der Waals surface area contributed by atoms with E-state index in [1.807, 2.05) is 27.7 Å². The van der Waals surface area contributed by atoms with E-state index < -0.39 is 16.1 Å². The Bertz CT molecular complexity index is 708. The second-order valence-corrected chi connectivity index (χ2v) is 9.87. The van der Waals surface area contributed by atoms with Crippen molar-refractivity contribution in [2.75, 3.05) is 10.6 Å². The van der Waals surface area contributed by atoms with E-state index in [-0.39, 0.29) is 29.5 Å². The minimum atomic E-state index is -3.73. The number of carbonyl (C=O) groups is 1. The summed E-state index contributed by atoms with van der Waals surface area (Å²) in [5.74, 6) is 0.119. The average Bonchev–Trinajstić information content (AvgIpc) is 2.46. The zero-order valence-electron chi connectivity index (χ0n) is 16.1. The fourth-order valence-electron chi connectivity index (χ4n) is 3.09. The Kier molecular flexibility index (Phi) is 8.24. The van der Waals surface area contributed by atoms with Gasteiger partial charge in [-0.3, -0.25) is 9.10 Å². The molecule has 0 aliphatic carbocycles. The smallest absolute Gasteiger partial charge is 0.244 e. The number of anilines is 1. The molecule has 0 radical (unpaired) electrons. The molecule has 0 saturated heterocycles. The van der Waals surface area contributed by atoms with Gasteiger partial charge in [-0.15, -0.1) is 0 Å². The molecule has 8 heteroatoms. The van der Waals surface area contributed by atoms with Gasteiger partial charge in [-0.25, -0.2) is 8.42 Å². The standard InChI is InChI=1S/C18H28Cl2N2O3S/c1-7-16(18(23)21-17(11(2)3)12(4)5)22(26(6,24)25)15-9-13(19)8-14(20)10-15/h8-12,16-17H,7H2,1-6H3,(H,21,23). The molecule has 1 aromatic carbocycles. The van der Waals surface area contributed by atoms with Gasteiger partial charge in [0.2, 0.25) is 15.9 Å². The van der Waals surface area contributed by atoms with E-state index in [2.05, 4.69) is 5.32 Å². The predicted octanol–water partition coefficient (Wildman–Crippen LogP) is 4.33. The summed E-state index contributed by atoms with van der Waals surface area (Å²) < 4.78 is 26.0. The third kappa shape index (κ3) is 6.03. The van der Waals surface area contributed by atoms with Crippen molar-refractivity contribution in [2.45, 2.75) is 53.1 Å². The van der Waals surface area contributed by atoms with Crippen molar-refractivity contribution in [3.05, 3.63) is 28.2 Å². The molecule has 1 aromatic rings. The van der Waals surface area contributed by atoms with Crippen LogP contribution in [0, 0.1) is 11.8 Å². The molecule has 5 nitrogen and oxygen atoms in total. The van der Waals surface area contributed by atoms with Crippen LogP contribution in [0.15, 0.2) is 18.2 Å². The normalized spacial score (nSPS) is 13.3. The molecular formula is C18H28Cl2N2O3S. The number of carbonyl (C=O) groups excluding carboxylic acids is 1. The Labute approximate surface area is 167 Å². The third-order valence-electron chi connectivity index (χ3n) is 4.18. The Morgan fingerprint density at radius 2 is 1.54 bits per heavy atom. The topological polar surface area (TPSA) is 66.5 Å². The maximum absolute atomic E-state index is 12.9. The fraction of sp³-hybridized carbons (Fsp3) is 0.611. The lowest BCUT2D eigenvalue weighted by Gasteiger charge is -2.33. The number of halogens is 2. The van der Waals surface area contributed by atoms with Crippen LogP contribution >= 0.6 is 23.2 Å². The summed E-state index contributed by atoms with van der Waals surface area (Å²) in [6, 6.07) is 3.56. The van der Waals surface area contributed by atoms with Gasteiger partial charge >= 0.3 is 0 Å². The molecule has 1 unspecified atom stereocenters. The van der Waals surface area contributed by atoms with Crippen LogP contribution in [-0.2, 0) is 14.8 Å². The van der Waals surface area contributed by atoms with Gasteiger partial charge in [0.1, 0.15) is 6.04 Å². The zero-order chi connectivity index (χ0) is 20.2. The van der Waals surface area contributed by atoms with Gasteiger partial charge in [0.25, 0.3) is 0 Å². The molecular weight excluding hydrogens is 395 g/mol. The lowest BCUT2D eigenvalue weighted by Crippen LogP contribution is -2.53. The Hall–Kier alpha value is -0.980. The quantitative estimate of drug-likeness (QED) is 0.677. The summed E-state index contributed by atoms with van der Waals surface area (Å²) in [5, 5.41) is 3.62. The van der Waals surface area contributed by atoms with Crippen LogP contribution in [0.1, 0.15) is 41.0 Å². The highest BCUT2D eigenvalue weighted by molar-refractivity contribution is 7.92. The first-order chi connectivity index (χ1) is 11.9.